The van der Waals surface area contributed by atoms with Crippen LogP contribution in [0.3, 0.4) is 0 Å². The predicted molar refractivity (Wildman–Crippen MR) is 52.7 cm³/mol. The molecule has 1 atom stereocenters. The molecule has 0 aromatic rings. The lowest BCUT2D eigenvalue weighted by molar-refractivity contribution is -0.556. The molecule has 17 heteroatoms. The van der Waals surface area contributed by atoms with Gasteiger partial charge in [-0.25, -0.2) is 4.74 Å². The van der Waals surface area contributed by atoms with Crippen molar-refractivity contribution in [3.63, 3.8) is 0 Å². The first-order valence-electron chi connectivity index (χ1n) is 6.09. The molecule has 0 bridgehead atoms. The molecule has 0 aromatic heterocycles. The molecule has 0 saturated heterocycles. The lowest BCUT2D eigenvalue weighted by Gasteiger charge is -2.39. The highest BCUT2D eigenvalue weighted by Gasteiger charge is 2.82. The Bertz CT molecular complexity index is 520. The van der Waals surface area contributed by atoms with Crippen molar-refractivity contribution in [1.82, 2.24) is 0 Å². The van der Waals surface area contributed by atoms with Crippen LogP contribution < -0.4 is 0 Å². The van der Waals surface area contributed by atoms with E-state index in [0.29, 0.717) is 0 Å². The number of hydrogen-bond acceptors (Lipinski definition) is 2. The molecule has 0 aliphatic carbocycles. The van der Waals surface area contributed by atoms with Gasteiger partial charge in [-0.2, -0.15) is 65.9 Å². The molecule has 0 heterocycles. The minimum absolute atomic E-state index is 0.192. The fourth-order valence-corrected chi connectivity index (χ4v) is 1.15. The smallest absolute Gasteiger partial charge is 0.263 e. The van der Waals surface area contributed by atoms with Crippen LogP contribution in [0.25, 0.3) is 0 Å². The van der Waals surface area contributed by atoms with E-state index in [1.807, 2.05) is 0 Å². The molecule has 0 fully saturated rings. The zero-order chi connectivity index (χ0) is 22.5. The highest BCUT2D eigenvalue weighted by molar-refractivity contribution is 4.92. The van der Waals surface area contributed by atoms with Crippen LogP contribution in [-0.4, -0.2) is 42.5 Å². The van der Waals surface area contributed by atoms with E-state index in [1.165, 1.54) is 4.74 Å². The van der Waals surface area contributed by atoms with Crippen LogP contribution in [-0.2, 0) is 9.47 Å². The van der Waals surface area contributed by atoms with Gasteiger partial charge in [-0.15, -0.1) is 0 Å². The SMILES string of the molecule is CC(C)C(F)(F)C(F)(F)OC(F)(C(F)(F)F)C(F)(F)OC(F)(F)C(F)(F)F. The van der Waals surface area contributed by atoms with E-state index in [1.54, 1.807) is 4.74 Å². The van der Waals surface area contributed by atoms with E-state index in [9.17, 15) is 65.9 Å². The zero-order valence-electron chi connectivity index (χ0n) is 12.6. The number of hydrogen-bond donors (Lipinski definition) is 0. The van der Waals surface area contributed by atoms with E-state index in [-0.39, 0.29) is 13.8 Å². The van der Waals surface area contributed by atoms with E-state index in [2.05, 4.69) is 0 Å². The Morgan fingerprint density at radius 1 is 0.481 bits per heavy atom. The van der Waals surface area contributed by atoms with Gasteiger partial charge in [0.05, 0.1) is 0 Å². The van der Waals surface area contributed by atoms with Crippen LogP contribution in [0.1, 0.15) is 13.8 Å². The first kappa shape index (κ1) is 25.9. The average molecular weight is 444 g/mol. The fraction of sp³-hybridized carbons (Fsp3) is 1.00. The quantitative estimate of drug-likeness (QED) is 0.457. The summed E-state index contributed by atoms with van der Waals surface area (Å²) in [6.45, 7) is 0.383. The van der Waals surface area contributed by atoms with Gasteiger partial charge >= 0.3 is 42.5 Å². The highest BCUT2D eigenvalue weighted by Crippen LogP contribution is 2.55. The van der Waals surface area contributed by atoms with E-state index >= 15 is 0 Å². The van der Waals surface area contributed by atoms with Gasteiger partial charge in [0.15, 0.2) is 0 Å². The second-order valence-corrected chi connectivity index (χ2v) is 5.12. The molecule has 164 valence electrons. The molecule has 0 amide bonds. The Morgan fingerprint density at radius 2 is 0.852 bits per heavy atom. The van der Waals surface area contributed by atoms with Gasteiger partial charge in [0.25, 0.3) is 0 Å². The molecule has 1 unspecified atom stereocenters. The fourth-order valence-electron chi connectivity index (χ4n) is 1.15. The van der Waals surface area contributed by atoms with E-state index in [4.69, 9.17) is 0 Å². The molecule has 0 saturated carbocycles. The molecule has 0 aromatic carbocycles. The van der Waals surface area contributed by atoms with Crippen molar-refractivity contribution in [2.75, 3.05) is 0 Å². The summed E-state index contributed by atoms with van der Waals surface area (Å²) in [6, 6.07) is 0. The number of rotatable bonds is 7. The molecule has 2 nitrogen and oxygen atoms in total. The van der Waals surface area contributed by atoms with Crippen LogP contribution in [0.2, 0.25) is 0 Å². The molecule has 0 spiro atoms. The standard InChI is InChI=1S/C10H7F15O2/c1-3(2)4(11,12)8(20,21)26-5(13,6(14,15)16)9(22,23)27-10(24,25)7(17,18)19/h3H,1-2H3. The summed E-state index contributed by atoms with van der Waals surface area (Å²) < 4.78 is 193. The highest BCUT2D eigenvalue weighted by atomic mass is 19.4. The maximum atomic E-state index is 13.5. The van der Waals surface area contributed by atoms with Gasteiger partial charge in [0.1, 0.15) is 0 Å². The topological polar surface area (TPSA) is 18.5 Å². The second kappa shape index (κ2) is 6.73. The summed E-state index contributed by atoms with van der Waals surface area (Å²) in [5.74, 6) is -16.0. The summed E-state index contributed by atoms with van der Waals surface area (Å²) in [6.07, 6.45) is -36.2. The van der Waals surface area contributed by atoms with Gasteiger partial charge in [0, 0.05) is 5.92 Å². The minimum Gasteiger partial charge on any atom is -0.263 e. The molecular weight excluding hydrogens is 437 g/mol. The zero-order valence-corrected chi connectivity index (χ0v) is 12.6. The average Bonchev–Trinajstić information content (AvgIpc) is 2.33. The molecule has 27 heavy (non-hydrogen) atoms. The van der Waals surface area contributed by atoms with Gasteiger partial charge < -0.3 is 0 Å². The summed E-state index contributed by atoms with van der Waals surface area (Å²) in [5.41, 5.74) is 0. The van der Waals surface area contributed by atoms with Crippen molar-refractivity contribution in [3.8, 4) is 0 Å². The van der Waals surface area contributed by atoms with Crippen molar-refractivity contribution >= 4 is 0 Å². The summed E-state index contributed by atoms with van der Waals surface area (Å²) in [5, 5.41) is 0. The molecule has 0 aliphatic rings. The van der Waals surface area contributed by atoms with Crippen molar-refractivity contribution < 1.29 is 75.3 Å². The Hall–Kier alpha value is -1.13. The number of ether oxygens (including phenoxy) is 2. The van der Waals surface area contributed by atoms with E-state index < -0.39 is 48.4 Å². The Balaban J connectivity index is 6.27. The van der Waals surface area contributed by atoms with Crippen LogP contribution >= 0.6 is 0 Å². The van der Waals surface area contributed by atoms with Crippen molar-refractivity contribution in [2.45, 2.75) is 56.3 Å². The first-order valence-corrected chi connectivity index (χ1v) is 6.09. The third-order valence-electron chi connectivity index (χ3n) is 2.71. The summed E-state index contributed by atoms with van der Waals surface area (Å²) in [7, 11) is 0. The Morgan fingerprint density at radius 3 is 1.11 bits per heavy atom. The largest absolute Gasteiger partial charge is 0.483 e. The number of halogens is 15. The third kappa shape index (κ3) is 4.65. The van der Waals surface area contributed by atoms with Crippen LogP contribution in [0.15, 0.2) is 0 Å². The van der Waals surface area contributed by atoms with Crippen molar-refractivity contribution in [1.29, 1.82) is 0 Å². The monoisotopic (exact) mass is 444 g/mol. The Kier molecular flexibility index (Phi) is 6.45. The van der Waals surface area contributed by atoms with E-state index in [0.717, 1.165) is 0 Å². The molecule has 0 aliphatic heterocycles. The van der Waals surface area contributed by atoms with Gasteiger partial charge in [-0.1, -0.05) is 13.8 Å². The van der Waals surface area contributed by atoms with Crippen molar-refractivity contribution in [2.24, 2.45) is 5.92 Å². The molecule has 0 N–H and O–H groups in total. The van der Waals surface area contributed by atoms with Gasteiger partial charge in [-0.05, 0) is 0 Å². The number of alkyl halides is 15. The van der Waals surface area contributed by atoms with Crippen LogP contribution in [0.5, 0.6) is 0 Å². The minimum atomic E-state index is -7.55. The lowest BCUT2D eigenvalue weighted by atomic mass is 10.1. The molecular formula is C10H7F15O2. The summed E-state index contributed by atoms with van der Waals surface area (Å²) >= 11 is 0. The lowest BCUT2D eigenvalue weighted by Crippen LogP contribution is -2.65. The third-order valence-corrected chi connectivity index (χ3v) is 2.71. The van der Waals surface area contributed by atoms with Crippen LogP contribution in [0, 0.1) is 5.92 Å². The van der Waals surface area contributed by atoms with Crippen molar-refractivity contribution in [3.05, 3.63) is 0 Å². The van der Waals surface area contributed by atoms with Gasteiger partial charge in [-0.3, -0.25) is 4.74 Å². The summed E-state index contributed by atoms with van der Waals surface area (Å²) in [4.78, 5) is 0. The van der Waals surface area contributed by atoms with Crippen LogP contribution in [0.4, 0.5) is 65.9 Å². The molecule has 0 radical (unpaired) electrons. The Labute approximate surface area is 139 Å². The molecule has 0 rings (SSSR count). The first-order chi connectivity index (χ1) is 11.4. The maximum absolute atomic E-state index is 13.5. The maximum Gasteiger partial charge on any atom is 0.483 e. The second-order valence-electron chi connectivity index (χ2n) is 5.12. The van der Waals surface area contributed by atoms with Gasteiger partial charge in [0.2, 0.25) is 0 Å². The predicted octanol–water partition coefficient (Wildman–Crippen LogP) is 5.88. The normalized spacial score (nSPS) is 18.0.